The fourth-order valence-electron chi connectivity index (χ4n) is 2.63. The molecule has 1 atom stereocenters. The van der Waals surface area contributed by atoms with Gasteiger partial charge < -0.3 is 0 Å². The fourth-order valence-corrected chi connectivity index (χ4v) is 2.63. The van der Waals surface area contributed by atoms with Crippen molar-refractivity contribution >= 4 is 5.57 Å². The summed E-state index contributed by atoms with van der Waals surface area (Å²) in [4.78, 5) is 0. The average molecular weight is 210 g/mol. The first-order valence-corrected chi connectivity index (χ1v) is 5.82. The van der Waals surface area contributed by atoms with Gasteiger partial charge in [-0.25, -0.2) is 0 Å². The highest BCUT2D eigenvalue weighted by molar-refractivity contribution is 5.87. The van der Waals surface area contributed by atoms with E-state index >= 15 is 0 Å². The highest BCUT2D eigenvalue weighted by atomic mass is 14.3. The van der Waals surface area contributed by atoms with Gasteiger partial charge in [-0.3, -0.25) is 0 Å². The lowest BCUT2D eigenvalue weighted by Crippen LogP contribution is -1.95. The molecule has 1 aliphatic carbocycles. The number of hydrogen-bond donors (Lipinski definition) is 0. The molecule has 16 heavy (non-hydrogen) atoms. The van der Waals surface area contributed by atoms with E-state index in [1.807, 2.05) is 6.08 Å². The van der Waals surface area contributed by atoms with Crippen LogP contribution in [0.25, 0.3) is 5.57 Å². The zero-order valence-corrected chi connectivity index (χ0v) is 10.1. The van der Waals surface area contributed by atoms with Gasteiger partial charge in [-0.05, 0) is 41.2 Å². The van der Waals surface area contributed by atoms with Crippen molar-refractivity contribution in [1.29, 1.82) is 0 Å². The molecule has 0 radical (unpaired) electrons. The lowest BCUT2D eigenvalue weighted by atomic mass is 9.91. The van der Waals surface area contributed by atoms with Gasteiger partial charge in [0.05, 0.1) is 0 Å². The molecule has 0 spiro atoms. The van der Waals surface area contributed by atoms with Crippen LogP contribution in [0.1, 0.15) is 37.3 Å². The van der Waals surface area contributed by atoms with Gasteiger partial charge in [0.15, 0.2) is 0 Å². The SMILES string of the molecule is C=C/C(C)=C1\C(=C)c2ccccc2C1CC. The Morgan fingerprint density at radius 3 is 2.69 bits per heavy atom. The first kappa shape index (κ1) is 10.9. The molecular formula is C16H18. The maximum absolute atomic E-state index is 4.24. The fraction of sp³-hybridized carbons (Fsp3) is 0.250. The summed E-state index contributed by atoms with van der Waals surface area (Å²) < 4.78 is 0. The number of hydrogen-bond acceptors (Lipinski definition) is 0. The minimum Gasteiger partial charge on any atom is -0.0988 e. The molecule has 0 saturated carbocycles. The molecule has 0 aromatic heterocycles. The third-order valence-corrected chi connectivity index (χ3v) is 3.47. The summed E-state index contributed by atoms with van der Waals surface area (Å²) in [6.07, 6.45) is 3.06. The Morgan fingerprint density at radius 1 is 1.38 bits per heavy atom. The van der Waals surface area contributed by atoms with Crippen LogP contribution in [0, 0.1) is 0 Å². The Kier molecular flexibility index (Phi) is 2.82. The summed E-state index contributed by atoms with van der Waals surface area (Å²) in [7, 11) is 0. The Balaban J connectivity index is 2.65. The Hall–Kier alpha value is -1.56. The van der Waals surface area contributed by atoms with Gasteiger partial charge in [0, 0.05) is 5.92 Å². The average Bonchev–Trinajstić information content (AvgIpc) is 2.62. The van der Waals surface area contributed by atoms with Gasteiger partial charge in [-0.1, -0.05) is 50.4 Å². The minimum atomic E-state index is 0.502. The normalized spacial score (nSPS) is 21.9. The topological polar surface area (TPSA) is 0 Å². The molecule has 1 unspecified atom stereocenters. The summed E-state index contributed by atoms with van der Waals surface area (Å²) in [5.74, 6) is 0.502. The van der Waals surface area contributed by atoms with Crippen molar-refractivity contribution in [3.8, 4) is 0 Å². The zero-order valence-electron chi connectivity index (χ0n) is 10.1. The van der Waals surface area contributed by atoms with E-state index in [1.54, 1.807) is 0 Å². The quantitative estimate of drug-likeness (QED) is 0.663. The van der Waals surface area contributed by atoms with E-state index in [1.165, 1.54) is 27.8 Å². The van der Waals surface area contributed by atoms with E-state index in [2.05, 4.69) is 51.3 Å². The third-order valence-electron chi connectivity index (χ3n) is 3.47. The summed E-state index contributed by atoms with van der Waals surface area (Å²) in [6.45, 7) is 12.5. The van der Waals surface area contributed by atoms with Crippen molar-refractivity contribution in [3.05, 3.63) is 65.8 Å². The molecule has 0 heterocycles. The summed E-state index contributed by atoms with van der Waals surface area (Å²) in [5, 5.41) is 0. The van der Waals surface area contributed by atoms with E-state index in [4.69, 9.17) is 0 Å². The van der Waals surface area contributed by atoms with Crippen molar-refractivity contribution < 1.29 is 0 Å². The number of rotatable bonds is 2. The van der Waals surface area contributed by atoms with Crippen LogP contribution in [0.3, 0.4) is 0 Å². The van der Waals surface area contributed by atoms with Gasteiger partial charge >= 0.3 is 0 Å². The van der Waals surface area contributed by atoms with Crippen molar-refractivity contribution in [2.24, 2.45) is 0 Å². The van der Waals surface area contributed by atoms with E-state index in [0.29, 0.717) is 5.92 Å². The van der Waals surface area contributed by atoms with E-state index in [0.717, 1.165) is 6.42 Å². The first-order chi connectivity index (χ1) is 7.70. The molecule has 0 heteroatoms. The molecule has 1 aromatic carbocycles. The molecular weight excluding hydrogens is 192 g/mol. The summed E-state index contributed by atoms with van der Waals surface area (Å²) >= 11 is 0. The van der Waals surface area contributed by atoms with Gasteiger partial charge in [0.2, 0.25) is 0 Å². The van der Waals surface area contributed by atoms with Crippen LogP contribution in [0.4, 0.5) is 0 Å². The maximum atomic E-state index is 4.24. The largest absolute Gasteiger partial charge is 0.0988 e. The minimum absolute atomic E-state index is 0.502. The number of fused-ring (bicyclic) bond motifs is 1. The van der Waals surface area contributed by atoms with Crippen molar-refractivity contribution in [2.45, 2.75) is 26.2 Å². The first-order valence-electron chi connectivity index (χ1n) is 5.82. The molecule has 0 N–H and O–H groups in total. The lowest BCUT2D eigenvalue weighted by molar-refractivity contribution is 0.792. The molecule has 0 bridgehead atoms. The molecule has 0 amide bonds. The van der Waals surface area contributed by atoms with Crippen LogP contribution in [0.2, 0.25) is 0 Å². The van der Waals surface area contributed by atoms with Gasteiger partial charge in [-0.15, -0.1) is 0 Å². The Labute approximate surface area is 98.0 Å². The predicted octanol–water partition coefficient (Wildman–Crippen LogP) is 4.71. The standard InChI is InChI=1S/C16H18/c1-5-11(3)16-12(4)14-9-7-8-10-15(14)13(16)6-2/h5,7-10,13H,1,4,6H2,2-3H3/b16-11+. The van der Waals surface area contributed by atoms with Crippen molar-refractivity contribution in [3.63, 3.8) is 0 Å². The molecule has 82 valence electrons. The predicted molar refractivity (Wildman–Crippen MR) is 71.4 cm³/mol. The molecule has 2 rings (SSSR count). The second-order valence-corrected chi connectivity index (χ2v) is 4.33. The number of allylic oxidation sites excluding steroid dienone is 4. The van der Waals surface area contributed by atoms with Crippen LogP contribution in [-0.2, 0) is 0 Å². The monoisotopic (exact) mass is 210 g/mol. The second kappa shape index (κ2) is 4.13. The summed E-state index contributed by atoms with van der Waals surface area (Å²) in [5.41, 5.74) is 6.54. The zero-order chi connectivity index (χ0) is 11.7. The highest BCUT2D eigenvalue weighted by Crippen LogP contribution is 2.47. The van der Waals surface area contributed by atoms with Crippen LogP contribution in [0.5, 0.6) is 0 Å². The van der Waals surface area contributed by atoms with Gasteiger partial charge in [0.1, 0.15) is 0 Å². The van der Waals surface area contributed by atoms with Crippen LogP contribution in [0.15, 0.2) is 54.6 Å². The van der Waals surface area contributed by atoms with Crippen LogP contribution in [-0.4, -0.2) is 0 Å². The van der Waals surface area contributed by atoms with Crippen LogP contribution >= 0.6 is 0 Å². The van der Waals surface area contributed by atoms with Crippen LogP contribution < -0.4 is 0 Å². The Bertz CT molecular complexity index is 475. The van der Waals surface area contributed by atoms with E-state index in [9.17, 15) is 0 Å². The van der Waals surface area contributed by atoms with Crippen molar-refractivity contribution in [2.75, 3.05) is 0 Å². The third kappa shape index (κ3) is 1.46. The molecule has 1 aromatic rings. The molecule has 0 saturated heterocycles. The Morgan fingerprint density at radius 2 is 2.06 bits per heavy atom. The smallest absolute Gasteiger partial charge is 0.0101 e. The number of benzene rings is 1. The highest BCUT2D eigenvalue weighted by Gasteiger charge is 2.29. The molecule has 0 fully saturated rings. The second-order valence-electron chi connectivity index (χ2n) is 4.33. The summed E-state index contributed by atoms with van der Waals surface area (Å²) in [6, 6.07) is 8.59. The van der Waals surface area contributed by atoms with Gasteiger partial charge in [-0.2, -0.15) is 0 Å². The van der Waals surface area contributed by atoms with Gasteiger partial charge in [0.25, 0.3) is 0 Å². The van der Waals surface area contributed by atoms with E-state index in [-0.39, 0.29) is 0 Å². The maximum Gasteiger partial charge on any atom is 0.0101 e. The molecule has 0 nitrogen and oxygen atoms in total. The molecule has 0 aliphatic heterocycles. The van der Waals surface area contributed by atoms with Crippen molar-refractivity contribution in [1.82, 2.24) is 0 Å². The molecule has 1 aliphatic rings. The van der Waals surface area contributed by atoms with E-state index < -0.39 is 0 Å². The lowest BCUT2D eigenvalue weighted by Gasteiger charge is -2.13.